The molecule has 3 amide bonds. The number of thioether (sulfide) groups is 1. The van der Waals surface area contributed by atoms with Gasteiger partial charge in [-0.25, -0.2) is 0 Å². The number of nitrogens with zero attached hydrogens (tertiary/aromatic N) is 1. The van der Waals surface area contributed by atoms with Crippen LogP contribution < -0.4 is 5.32 Å². The van der Waals surface area contributed by atoms with Crippen LogP contribution in [0.15, 0.2) is 6.07 Å². The highest BCUT2D eigenvalue weighted by Gasteiger charge is 2.44. The van der Waals surface area contributed by atoms with Crippen LogP contribution in [0.25, 0.3) is 0 Å². The van der Waals surface area contributed by atoms with Gasteiger partial charge < -0.3 is 4.90 Å². The quantitative estimate of drug-likeness (QED) is 0.793. The molecule has 1 aromatic heterocycles. The third-order valence-corrected chi connectivity index (χ3v) is 6.10. The zero-order valence-electron chi connectivity index (χ0n) is 11.9. The number of amides is 3. The number of carbonyl (C=O) groups excluding carboxylic acids is 3. The highest BCUT2D eigenvalue weighted by molar-refractivity contribution is 7.98. The van der Waals surface area contributed by atoms with Gasteiger partial charge in [-0.05, 0) is 37.7 Å². The van der Waals surface area contributed by atoms with Crippen molar-refractivity contribution in [3.8, 4) is 0 Å². The second kappa shape index (κ2) is 5.14. The summed E-state index contributed by atoms with van der Waals surface area (Å²) < 4.78 is 0. The number of aryl methyl sites for hydroxylation is 1. The molecule has 1 N–H and O–H groups in total. The Morgan fingerprint density at radius 2 is 2.14 bits per heavy atom. The SMILES string of the molecule is CC1(C)C(=O)NC(=O)CN1C(=O)c1cc2c(s1)CCSC2. The lowest BCUT2D eigenvalue weighted by molar-refractivity contribution is -0.143. The van der Waals surface area contributed by atoms with Gasteiger partial charge in [-0.1, -0.05) is 0 Å². The minimum atomic E-state index is -1.01. The number of imide groups is 1. The number of hydrogen-bond donors (Lipinski definition) is 1. The predicted octanol–water partition coefficient (Wildman–Crippen LogP) is 1.41. The van der Waals surface area contributed by atoms with E-state index in [4.69, 9.17) is 0 Å². The van der Waals surface area contributed by atoms with Crippen LogP contribution in [0.2, 0.25) is 0 Å². The molecule has 1 fully saturated rings. The van der Waals surface area contributed by atoms with Gasteiger partial charge in [-0.15, -0.1) is 11.3 Å². The van der Waals surface area contributed by atoms with Crippen LogP contribution in [0.1, 0.15) is 34.0 Å². The van der Waals surface area contributed by atoms with E-state index in [-0.39, 0.29) is 12.5 Å². The lowest BCUT2D eigenvalue weighted by Crippen LogP contribution is -2.65. The summed E-state index contributed by atoms with van der Waals surface area (Å²) >= 11 is 3.36. The number of hydrogen-bond acceptors (Lipinski definition) is 5. The van der Waals surface area contributed by atoms with Crippen molar-refractivity contribution in [3.63, 3.8) is 0 Å². The van der Waals surface area contributed by atoms with E-state index in [2.05, 4.69) is 5.32 Å². The monoisotopic (exact) mass is 324 g/mol. The fraction of sp³-hybridized carbons (Fsp3) is 0.500. The second-order valence-corrected chi connectivity index (χ2v) is 7.93. The summed E-state index contributed by atoms with van der Waals surface area (Å²) in [6, 6.07) is 1.92. The van der Waals surface area contributed by atoms with Gasteiger partial charge in [0.15, 0.2) is 0 Å². The van der Waals surface area contributed by atoms with Crippen LogP contribution in [0.3, 0.4) is 0 Å². The molecule has 112 valence electrons. The van der Waals surface area contributed by atoms with Crippen LogP contribution in [0.5, 0.6) is 0 Å². The van der Waals surface area contributed by atoms with Gasteiger partial charge in [0.2, 0.25) is 5.91 Å². The molecule has 0 aliphatic carbocycles. The largest absolute Gasteiger partial charge is 0.314 e. The Balaban J connectivity index is 1.91. The Bertz CT molecular complexity index is 613. The van der Waals surface area contributed by atoms with Crippen molar-refractivity contribution < 1.29 is 14.4 Å². The number of fused-ring (bicyclic) bond motifs is 1. The van der Waals surface area contributed by atoms with E-state index in [1.807, 2.05) is 17.8 Å². The zero-order chi connectivity index (χ0) is 15.2. The van der Waals surface area contributed by atoms with Crippen molar-refractivity contribution in [2.75, 3.05) is 12.3 Å². The number of rotatable bonds is 1. The van der Waals surface area contributed by atoms with E-state index in [9.17, 15) is 14.4 Å². The molecule has 0 radical (unpaired) electrons. The third kappa shape index (κ3) is 2.48. The van der Waals surface area contributed by atoms with Crippen molar-refractivity contribution in [1.82, 2.24) is 10.2 Å². The molecule has 0 bridgehead atoms. The van der Waals surface area contributed by atoms with Crippen molar-refractivity contribution in [2.45, 2.75) is 31.6 Å². The second-order valence-electron chi connectivity index (χ2n) is 5.69. The van der Waals surface area contributed by atoms with E-state index < -0.39 is 17.4 Å². The van der Waals surface area contributed by atoms with E-state index in [1.54, 1.807) is 13.8 Å². The zero-order valence-corrected chi connectivity index (χ0v) is 13.5. The lowest BCUT2D eigenvalue weighted by Gasteiger charge is -2.39. The average molecular weight is 324 g/mol. The first-order valence-electron chi connectivity index (χ1n) is 6.75. The van der Waals surface area contributed by atoms with Crippen LogP contribution in [0, 0.1) is 0 Å². The van der Waals surface area contributed by atoms with E-state index >= 15 is 0 Å². The highest BCUT2D eigenvalue weighted by atomic mass is 32.2. The molecule has 2 aliphatic heterocycles. The fourth-order valence-electron chi connectivity index (χ4n) is 2.49. The maximum atomic E-state index is 12.7. The Hall–Kier alpha value is -1.34. The van der Waals surface area contributed by atoms with Gasteiger partial charge in [-0.2, -0.15) is 11.8 Å². The van der Waals surface area contributed by atoms with Crippen LogP contribution in [-0.4, -0.2) is 40.5 Å². The molecule has 1 saturated heterocycles. The molecule has 21 heavy (non-hydrogen) atoms. The van der Waals surface area contributed by atoms with Crippen LogP contribution in [0.4, 0.5) is 0 Å². The number of piperazine rings is 1. The molecule has 5 nitrogen and oxygen atoms in total. The minimum Gasteiger partial charge on any atom is -0.314 e. The summed E-state index contributed by atoms with van der Waals surface area (Å²) in [5.41, 5.74) is 0.203. The molecular weight excluding hydrogens is 308 g/mol. The van der Waals surface area contributed by atoms with Gasteiger partial charge in [0.25, 0.3) is 11.8 Å². The number of nitrogens with one attached hydrogen (secondary N) is 1. The molecule has 0 unspecified atom stereocenters. The number of thiophene rings is 1. The Kier molecular flexibility index (Phi) is 3.57. The Morgan fingerprint density at radius 3 is 2.86 bits per heavy atom. The standard InChI is InChI=1S/C14H16N2O3S2/c1-14(2)13(19)15-11(17)6-16(14)12(18)10-5-8-7-20-4-3-9(8)21-10/h5H,3-4,6-7H2,1-2H3,(H,15,17,19). The number of carbonyl (C=O) groups is 3. The van der Waals surface area contributed by atoms with Crippen molar-refractivity contribution >= 4 is 40.8 Å². The molecular formula is C14H16N2O3S2. The van der Waals surface area contributed by atoms with Gasteiger partial charge in [0, 0.05) is 10.6 Å². The average Bonchev–Trinajstić information content (AvgIpc) is 2.86. The van der Waals surface area contributed by atoms with E-state index in [0.717, 1.165) is 17.9 Å². The molecule has 1 aromatic rings. The van der Waals surface area contributed by atoms with E-state index in [1.165, 1.54) is 26.7 Å². The Morgan fingerprint density at radius 1 is 1.38 bits per heavy atom. The van der Waals surface area contributed by atoms with Gasteiger partial charge in [0.1, 0.15) is 12.1 Å². The Labute approximate surface area is 131 Å². The fourth-order valence-corrected chi connectivity index (χ4v) is 4.82. The summed E-state index contributed by atoms with van der Waals surface area (Å²) in [5.74, 6) is 0.931. The molecule has 0 saturated carbocycles. The minimum absolute atomic E-state index is 0.0745. The molecule has 0 spiro atoms. The first-order valence-corrected chi connectivity index (χ1v) is 8.72. The summed E-state index contributed by atoms with van der Waals surface area (Å²) in [4.78, 5) is 39.5. The molecule has 0 atom stereocenters. The smallest absolute Gasteiger partial charge is 0.265 e. The van der Waals surface area contributed by atoms with Crippen LogP contribution in [-0.2, 0) is 21.8 Å². The maximum absolute atomic E-state index is 12.7. The summed E-state index contributed by atoms with van der Waals surface area (Å²) in [5, 5.41) is 2.28. The molecule has 3 heterocycles. The van der Waals surface area contributed by atoms with Crippen molar-refractivity contribution in [3.05, 3.63) is 21.4 Å². The lowest BCUT2D eigenvalue weighted by atomic mass is 9.98. The summed E-state index contributed by atoms with van der Waals surface area (Å²) in [6.45, 7) is 3.25. The highest BCUT2D eigenvalue weighted by Crippen LogP contribution is 2.33. The predicted molar refractivity (Wildman–Crippen MR) is 82.5 cm³/mol. The molecule has 0 aromatic carbocycles. The molecule has 2 aliphatic rings. The maximum Gasteiger partial charge on any atom is 0.265 e. The first kappa shape index (κ1) is 14.6. The van der Waals surface area contributed by atoms with E-state index in [0.29, 0.717) is 4.88 Å². The normalized spacial score (nSPS) is 21.0. The van der Waals surface area contributed by atoms with Crippen molar-refractivity contribution in [2.24, 2.45) is 0 Å². The van der Waals surface area contributed by atoms with Gasteiger partial charge in [0.05, 0.1) is 4.88 Å². The van der Waals surface area contributed by atoms with Crippen molar-refractivity contribution in [1.29, 1.82) is 0 Å². The summed E-state index contributed by atoms with van der Waals surface area (Å²) in [7, 11) is 0. The van der Waals surface area contributed by atoms with Gasteiger partial charge in [-0.3, -0.25) is 19.7 Å². The van der Waals surface area contributed by atoms with Crippen LogP contribution >= 0.6 is 23.1 Å². The topological polar surface area (TPSA) is 66.5 Å². The molecule has 3 rings (SSSR count). The first-order chi connectivity index (χ1) is 9.89. The molecule has 7 heteroatoms. The summed E-state index contributed by atoms with van der Waals surface area (Å²) in [6.07, 6.45) is 0.987. The van der Waals surface area contributed by atoms with Gasteiger partial charge >= 0.3 is 0 Å². The third-order valence-electron chi connectivity index (χ3n) is 3.87.